The number of hydrogen-bond acceptors (Lipinski definition) is 2. The molecule has 0 atom stereocenters. The van der Waals surface area contributed by atoms with Crippen molar-refractivity contribution in [3.63, 3.8) is 0 Å². The molecule has 0 aliphatic rings. The van der Waals surface area contributed by atoms with E-state index in [0.29, 0.717) is 0 Å². The summed E-state index contributed by atoms with van der Waals surface area (Å²) in [5, 5.41) is 0. The molecule has 0 amide bonds. The number of nitrogens with zero attached hydrogens (tertiary/aromatic N) is 1. The summed E-state index contributed by atoms with van der Waals surface area (Å²) in [6.45, 7) is 1.96. The zero-order valence-corrected chi connectivity index (χ0v) is 9.65. The van der Waals surface area contributed by atoms with Crippen LogP contribution in [0.2, 0.25) is 0 Å². The highest BCUT2D eigenvalue weighted by Crippen LogP contribution is 2.12. The van der Waals surface area contributed by atoms with Crippen LogP contribution in [0.4, 0.5) is 5.69 Å². The highest BCUT2D eigenvalue weighted by Gasteiger charge is 1.98. The first-order valence-electron chi connectivity index (χ1n) is 5.81. The van der Waals surface area contributed by atoms with Crippen molar-refractivity contribution in [3.05, 3.63) is 30.3 Å². The van der Waals surface area contributed by atoms with E-state index in [0.717, 1.165) is 19.5 Å². The van der Waals surface area contributed by atoms with Gasteiger partial charge in [-0.2, -0.15) is 0 Å². The van der Waals surface area contributed by atoms with Gasteiger partial charge < -0.3 is 10.6 Å². The fourth-order valence-corrected chi connectivity index (χ4v) is 1.66. The lowest BCUT2D eigenvalue weighted by molar-refractivity contribution is 0.643. The molecule has 2 heteroatoms. The molecule has 2 N–H and O–H groups in total. The van der Waals surface area contributed by atoms with E-state index in [9.17, 15) is 0 Å². The summed E-state index contributed by atoms with van der Waals surface area (Å²) in [5.74, 6) is 0. The Morgan fingerprint density at radius 2 is 1.67 bits per heavy atom. The van der Waals surface area contributed by atoms with E-state index in [1.54, 1.807) is 0 Å². The zero-order chi connectivity index (χ0) is 10.9. The SMILES string of the molecule is CN(CCCCCCN)c1ccccc1. The highest BCUT2D eigenvalue weighted by molar-refractivity contribution is 5.44. The summed E-state index contributed by atoms with van der Waals surface area (Å²) >= 11 is 0. The average Bonchev–Trinajstić information content (AvgIpc) is 2.30. The van der Waals surface area contributed by atoms with Gasteiger partial charge in [0, 0.05) is 19.3 Å². The van der Waals surface area contributed by atoms with E-state index >= 15 is 0 Å². The van der Waals surface area contributed by atoms with Crippen molar-refractivity contribution >= 4 is 5.69 Å². The number of benzene rings is 1. The molecule has 0 radical (unpaired) electrons. The third-order valence-corrected chi connectivity index (χ3v) is 2.64. The molecule has 84 valence electrons. The van der Waals surface area contributed by atoms with Crippen molar-refractivity contribution in [1.29, 1.82) is 0 Å². The molecule has 0 bridgehead atoms. The lowest BCUT2D eigenvalue weighted by atomic mass is 10.2. The quantitative estimate of drug-likeness (QED) is 0.695. The Morgan fingerprint density at radius 1 is 1.00 bits per heavy atom. The Bertz CT molecular complexity index is 246. The number of anilines is 1. The molecule has 2 nitrogen and oxygen atoms in total. The van der Waals surface area contributed by atoms with Gasteiger partial charge >= 0.3 is 0 Å². The maximum Gasteiger partial charge on any atom is 0.0363 e. The highest BCUT2D eigenvalue weighted by atomic mass is 15.1. The summed E-state index contributed by atoms with van der Waals surface area (Å²) < 4.78 is 0. The van der Waals surface area contributed by atoms with Gasteiger partial charge in [0.15, 0.2) is 0 Å². The number of rotatable bonds is 7. The number of para-hydroxylation sites is 1. The maximum absolute atomic E-state index is 5.45. The Hall–Kier alpha value is -1.02. The van der Waals surface area contributed by atoms with Gasteiger partial charge in [-0.25, -0.2) is 0 Å². The number of hydrogen-bond donors (Lipinski definition) is 1. The largest absolute Gasteiger partial charge is 0.375 e. The van der Waals surface area contributed by atoms with E-state index < -0.39 is 0 Å². The predicted molar refractivity (Wildman–Crippen MR) is 67.2 cm³/mol. The fraction of sp³-hybridized carbons (Fsp3) is 0.538. The summed E-state index contributed by atoms with van der Waals surface area (Å²) in [4.78, 5) is 2.31. The van der Waals surface area contributed by atoms with Crippen LogP contribution in [0.1, 0.15) is 25.7 Å². The van der Waals surface area contributed by atoms with Gasteiger partial charge in [0.2, 0.25) is 0 Å². The third kappa shape index (κ3) is 4.84. The lowest BCUT2D eigenvalue weighted by Crippen LogP contribution is -2.18. The van der Waals surface area contributed by atoms with E-state index in [-0.39, 0.29) is 0 Å². The second-order valence-electron chi connectivity index (χ2n) is 3.96. The van der Waals surface area contributed by atoms with Crippen LogP contribution < -0.4 is 10.6 Å². The first-order chi connectivity index (χ1) is 7.34. The molecular weight excluding hydrogens is 184 g/mol. The Morgan fingerprint density at radius 3 is 2.33 bits per heavy atom. The van der Waals surface area contributed by atoms with Crippen LogP contribution in [-0.4, -0.2) is 20.1 Å². The van der Waals surface area contributed by atoms with Gasteiger partial charge in [-0.3, -0.25) is 0 Å². The second-order valence-corrected chi connectivity index (χ2v) is 3.96. The van der Waals surface area contributed by atoms with Crippen LogP contribution in [0, 0.1) is 0 Å². The molecule has 1 aromatic carbocycles. The zero-order valence-electron chi connectivity index (χ0n) is 9.65. The van der Waals surface area contributed by atoms with Crippen molar-refractivity contribution in [2.24, 2.45) is 5.73 Å². The molecule has 0 unspecified atom stereocenters. The average molecular weight is 206 g/mol. The van der Waals surface area contributed by atoms with E-state index in [1.165, 1.54) is 24.9 Å². The van der Waals surface area contributed by atoms with Gasteiger partial charge in [-0.15, -0.1) is 0 Å². The van der Waals surface area contributed by atoms with E-state index in [2.05, 4.69) is 42.3 Å². The summed E-state index contributed by atoms with van der Waals surface area (Å²) in [6.07, 6.45) is 4.97. The monoisotopic (exact) mass is 206 g/mol. The number of nitrogens with two attached hydrogens (primary N) is 1. The molecule has 0 saturated heterocycles. The Balaban J connectivity index is 2.16. The first-order valence-corrected chi connectivity index (χ1v) is 5.81. The molecule has 0 spiro atoms. The van der Waals surface area contributed by atoms with E-state index in [4.69, 9.17) is 5.73 Å². The lowest BCUT2D eigenvalue weighted by Gasteiger charge is -2.18. The van der Waals surface area contributed by atoms with Crippen LogP contribution in [0.15, 0.2) is 30.3 Å². The molecule has 0 saturated carbocycles. The van der Waals surface area contributed by atoms with Crippen LogP contribution in [-0.2, 0) is 0 Å². The van der Waals surface area contributed by atoms with Gasteiger partial charge in [-0.05, 0) is 31.5 Å². The van der Waals surface area contributed by atoms with Gasteiger partial charge in [0.1, 0.15) is 0 Å². The normalized spacial score (nSPS) is 10.3. The molecule has 0 heterocycles. The molecule has 15 heavy (non-hydrogen) atoms. The minimum atomic E-state index is 0.828. The van der Waals surface area contributed by atoms with Crippen molar-refractivity contribution in [3.8, 4) is 0 Å². The maximum atomic E-state index is 5.45. The predicted octanol–water partition coefficient (Wildman–Crippen LogP) is 2.64. The molecule has 1 rings (SSSR count). The van der Waals surface area contributed by atoms with Crippen LogP contribution in [0.5, 0.6) is 0 Å². The van der Waals surface area contributed by atoms with Gasteiger partial charge in [0.05, 0.1) is 0 Å². The third-order valence-electron chi connectivity index (χ3n) is 2.64. The number of unbranched alkanes of at least 4 members (excludes halogenated alkanes) is 3. The Labute approximate surface area is 93.1 Å². The van der Waals surface area contributed by atoms with Gasteiger partial charge in [-0.1, -0.05) is 31.0 Å². The molecule has 0 aliphatic carbocycles. The van der Waals surface area contributed by atoms with Crippen LogP contribution in [0.3, 0.4) is 0 Å². The first kappa shape index (κ1) is 12.1. The van der Waals surface area contributed by atoms with Crippen molar-refractivity contribution < 1.29 is 0 Å². The standard InChI is InChI=1S/C13H22N2/c1-15(12-8-3-2-7-11-14)13-9-5-4-6-10-13/h4-6,9-10H,2-3,7-8,11-12,14H2,1H3. The second kappa shape index (κ2) is 7.30. The summed E-state index contributed by atoms with van der Waals surface area (Å²) in [5.41, 5.74) is 6.75. The fourth-order valence-electron chi connectivity index (χ4n) is 1.66. The van der Waals surface area contributed by atoms with Gasteiger partial charge in [0.25, 0.3) is 0 Å². The minimum Gasteiger partial charge on any atom is -0.375 e. The smallest absolute Gasteiger partial charge is 0.0363 e. The van der Waals surface area contributed by atoms with Crippen molar-refractivity contribution in [2.45, 2.75) is 25.7 Å². The van der Waals surface area contributed by atoms with Crippen LogP contribution >= 0.6 is 0 Å². The van der Waals surface area contributed by atoms with E-state index in [1.807, 2.05) is 0 Å². The summed E-state index contributed by atoms with van der Waals surface area (Å²) in [6, 6.07) is 10.5. The van der Waals surface area contributed by atoms with Crippen LogP contribution in [0.25, 0.3) is 0 Å². The molecule has 0 fully saturated rings. The topological polar surface area (TPSA) is 29.3 Å². The molecule has 0 aliphatic heterocycles. The van der Waals surface area contributed by atoms with Crippen molar-refractivity contribution in [2.75, 3.05) is 25.0 Å². The molecular formula is C13H22N2. The summed E-state index contributed by atoms with van der Waals surface area (Å²) in [7, 11) is 2.15. The molecule has 0 aromatic heterocycles. The minimum absolute atomic E-state index is 0.828. The Kier molecular flexibility index (Phi) is 5.86. The molecule has 1 aromatic rings. The van der Waals surface area contributed by atoms with Crippen molar-refractivity contribution in [1.82, 2.24) is 0 Å².